The monoisotopic (exact) mass is 65.0 g/mol. The fourth-order valence-corrected chi connectivity index (χ4v) is 0. The molecule has 0 aromatic rings. The SMILES string of the molecule is F.N=BF. The van der Waals surface area contributed by atoms with Crippen molar-refractivity contribution in [2.24, 2.45) is 0 Å². The first kappa shape index (κ1) is 9.30. The van der Waals surface area contributed by atoms with Gasteiger partial charge >= 0.3 is 17.0 Å². The quantitative estimate of drug-likeness (QED) is 0.397. The summed E-state index contributed by atoms with van der Waals surface area (Å²) in [5.74, 6) is 0. The summed E-state index contributed by atoms with van der Waals surface area (Å²) >= 11 is 0. The van der Waals surface area contributed by atoms with Crippen LogP contribution in [0.15, 0.2) is 0 Å². The first-order valence-corrected chi connectivity index (χ1v) is 0.507. The molecule has 0 fully saturated rings. The summed E-state index contributed by atoms with van der Waals surface area (Å²) in [4.78, 5) is 0. The van der Waals surface area contributed by atoms with Crippen LogP contribution in [0.25, 0.3) is 0 Å². The van der Waals surface area contributed by atoms with Gasteiger partial charge in [0.25, 0.3) is 0 Å². The predicted molar refractivity (Wildman–Crippen MR) is 12.1 cm³/mol. The van der Waals surface area contributed by atoms with Gasteiger partial charge in [-0.2, -0.15) is 0 Å². The topological polar surface area (TPSA) is 23.9 Å². The van der Waals surface area contributed by atoms with E-state index in [0.29, 0.717) is 0 Å². The van der Waals surface area contributed by atoms with Crippen molar-refractivity contribution in [3.8, 4) is 0 Å². The van der Waals surface area contributed by atoms with E-state index in [1.165, 1.54) is 0 Å². The van der Waals surface area contributed by atoms with E-state index in [-0.39, 0.29) is 12.1 Å². The van der Waals surface area contributed by atoms with Gasteiger partial charge in [-0.05, 0) is 0 Å². The molecule has 0 amide bonds. The van der Waals surface area contributed by atoms with Crippen LogP contribution in [0.4, 0.5) is 9.02 Å². The molecule has 4 heavy (non-hydrogen) atoms. The Balaban J connectivity index is 0. The van der Waals surface area contributed by atoms with E-state index in [1.807, 2.05) is 0 Å². The molecule has 0 radical (unpaired) electrons. The number of nitrogens with one attached hydrogen (secondary N) is 1. The van der Waals surface area contributed by atoms with Crippen LogP contribution in [0.1, 0.15) is 0 Å². The van der Waals surface area contributed by atoms with E-state index in [4.69, 9.17) is 5.31 Å². The number of halogens is 2. The molecule has 0 heterocycles. The molecule has 0 aromatic carbocycles. The molecule has 1 N–H and O–H groups in total. The Morgan fingerprint density at radius 2 is 1.75 bits per heavy atom. The zero-order valence-electron chi connectivity index (χ0n) is 1.86. The third-order valence-corrected chi connectivity index (χ3v) is 0. The molecule has 0 aliphatic rings. The summed E-state index contributed by atoms with van der Waals surface area (Å²) in [5, 5.41) is 5.42. The summed E-state index contributed by atoms with van der Waals surface area (Å²) in [6, 6.07) is 0. The third-order valence-electron chi connectivity index (χ3n) is 0. The predicted octanol–water partition coefficient (Wildman–Crippen LogP) is 0.490. The van der Waals surface area contributed by atoms with Crippen molar-refractivity contribution in [1.82, 2.24) is 0 Å². The molecule has 0 unspecified atom stereocenters. The van der Waals surface area contributed by atoms with Crippen molar-refractivity contribution in [2.45, 2.75) is 0 Å². The van der Waals surface area contributed by atoms with Crippen LogP contribution in [0.3, 0.4) is 0 Å². The van der Waals surface area contributed by atoms with Crippen molar-refractivity contribution in [1.29, 1.82) is 5.31 Å². The van der Waals surface area contributed by atoms with E-state index in [9.17, 15) is 4.32 Å². The van der Waals surface area contributed by atoms with Crippen LogP contribution in [0.2, 0.25) is 0 Å². The maximum atomic E-state index is 9.83. The van der Waals surface area contributed by atoms with E-state index in [0.717, 1.165) is 0 Å². The number of rotatable bonds is 0. The van der Waals surface area contributed by atoms with Crippen molar-refractivity contribution in [3.63, 3.8) is 0 Å². The fraction of sp³-hybridized carbons (Fsp3) is 0. The molecule has 0 rings (SSSR count). The van der Waals surface area contributed by atoms with Crippen LogP contribution in [0, 0.1) is 5.31 Å². The van der Waals surface area contributed by atoms with Crippen LogP contribution >= 0.6 is 0 Å². The fourth-order valence-electron chi connectivity index (χ4n) is 0. The number of hydrogen-bond donors (Lipinski definition) is 1. The van der Waals surface area contributed by atoms with Gasteiger partial charge in [0.2, 0.25) is 0 Å². The summed E-state index contributed by atoms with van der Waals surface area (Å²) in [6.07, 6.45) is 0. The molecule has 1 nitrogen and oxygen atoms in total. The Morgan fingerprint density at radius 3 is 1.75 bits per heavy atom. The standard InChI is InChI=1S/BFHN.FH/c2-1-3;/h3H;1H. The van der Waals surface area contributed by atoms with E-state index in [2.05, 4.69) is 0 Å². The first-order valence-electron chi connectivity index (χ1n) is 0.507. The molecule has 0 aromatic heterocycles. The van der Waals surface area contributed by atoms with Crippen molar-refractivity contribution >= 4 is 7.35 Å². The van der Waals surface area contributed by atoms with Crippen LogP contribution < -0.4 is 0 Å². The van der Waals surface area contributed by atoms with E-state index < -0.39 is 0 Å². The Kier molecular flexibility index (Phi) is 35.9. The molecule has 0 spiro atoms. The second-order valence-corrected chi connectivity index (χ2v) is 0.109. The zero-order chi connectivity index (χ0) is 2.71. The maximum absolute atomic E-state index is 9.83. The van der Waals surface area contributed by atoms with E-state index in [1.54, 1.807) is 0 Å². The Labute approximate surface area is 23.0 Å². The van der Waals surface area contributed by atoms with Crippen LogP contribution in [-0.4, -0.2) is 7.35 Å². The molecule has 0 saturated heterocycles. The summed E-state index contributed by atoms with van der Waals surface area (Å²) < 4.78 is 9.83. The van der Waals surface area contributed by atoms with Crippen LogP contribution in [-0.2, 0) is 0 Å². The molecule has 0 aliphatic carbocycles. The Bertz CT molecular complexity index is 13.5. The minimum absolute atomic E-state index is 0. The summed E-state index contributed by atoms with van der Waals surface area (Å²) in [7, 11) is -0.250. The van der Waals surface area contributed by atoms with Crippen molar-refractivity contribution < 1.29 is 9.02 Å². The van der Waals surface area contributed by atoms with E-state index >= 15 is 0 Å². The molecular weight excluding hydrogens is 62.8 g/mol. The molecule has 0 bridgehead atoms. The second-order valence-electron chi connectivity index (χ2n) is 0.109. The van der Waals surface area contributed by atoms with Gasteiger partial charge in [-0.15, -0.1) is 0 Å². The normalized spacial score (nSPS) is 2.25. The molecular formula is H2BF2N. The number of hydrogen-bond acceptors (Lipinski definition) is 1. The van der Waals surface area contributed by atoms with Gasteiger partial charge in [-0.3, -0.25) is 4.70 Å². The molecule has 24 valence electrons. The molecule has 4 heteroatoms. The Hall–Kier alpha value is -0.275. The van der Waals surface area contributed by atoms with Gasteiger partial charge in [-0.1, -0.05) is 0 Å². The van der Waals surface area contributed by atoms with Gasteiger partial charge in [0, 0.05) is 0 Å². The van der Waals surface area contributed by atoms with Crippen LogP contribution in [0.5, 0.6) is 0 Å². The Morgan fingerprint density at radius 1 is 1.75 bits per heavy atom. The van der Waals surface area contributed by atoms with Gasteiger partial charge in [-0.25, -0.2) is 0 Å². The molecule has 0 atom stereocenters. The van der Waals surface area contributed by atoms with Crippen molar-refractivity contribution in [2.75, 3.05) is 0 Å². The van der Waals surface area contributed by atoms with Crippen molar-refractivity contribution in [3.05, 3.63) is 0 Å². The van der Waals surface area contributed by atoms with Gasteiger partial charge in [0.1, 0.15) is 0 Å². The molecule has 0 aliphatic heterocycles. The minimum atomic E-state index is -0.250. The third kappa shape index (κ3) is 12.0. The first-order chi connectivity index (χ1) is 1.41. The zero-order valence-corrected chi connectivity index (χ0v) is 1.86. The van der Waals surface area contributed by atoms with Gasteiger partial charge in [0.15, 0.2) is 0 Å². The second kappa shape index (κ2) is 15.4. The van der Waals surface area contributed by atoms with Gasteiger partial charge < -0.3 is 0 Å². The van der Waals surface area contributed by atoms with Gasteiger partial charge in [0.05, 0.1) is 0 Å². The molecule has 0 saturated carbocycles. The summed E-state index contributed by atoms with van der Waals surface area (Å²) in [6.45, 7) is 0. The summed E-state index contributed by atoms with van der Waals surface area (Å²) in [5.41, 5.74) is 0. The average molecular weight is 64.8 g/mol. The average Bonchev–Trinajstić information content (AvgIpc) is 0.918.